The van der Waals surface area contributed by atoms with Gasteiger partial charge in [0.1, 0.15) is 0 Å². The Labute approximate surface area is 109 Å². The van der Waals surface area contributed by atoms with Crippen LogP contribution in [0.3, 0.4) is 0 Å². The molecule has 0 aliphatic heterocycles. The lowest BCUT2D eigenvalue weighted by atomic mass is 9.98. The Morgan fingerprint density at radius 1 is 1.50 bits per heavy atom. The fourth-order valence-electron chi connectivity index (χ4n) is 1.94. The Bertz CT molecular complexity index is 408. The third-order valence-corrected chi connectivity index (χ3v) is 2.91. The second kappa shape index (κ2) is 5.63. The molecule has 0 aromatic rings. The van der Waals surface area contributed by atoms with Gasteiger partial charge in [0.05, 0.1) is 17.6 Å². The summed E-state index contributed by atoms with van der Waals surface area (Å²) in [5.41, 5.74) is 0.820. The highest BCUT2D eigenvalue weighted by atomic mass is 16.3. The summed E-state index contributed by atoms with van der Waals surface area (Å²) < 4.78 is 0. The first-order valence-electron chi connectivity index (χ1n) is 6.19. The second-order valence-corrected chi connectivity index (χ2v) is 5.50. The lowest BCUT2D eigenvalue weighted by Gasteiger charge is -2.11. The summed E-state index contributed by atoms with van der Waals surface area (Å²) in [5, 5.41) is 19.3. The summed E-state index contributed by atoms with van der Waals surface area (Å²) >= 11 is 0. The van der Waals surface area contributed by atoms with Gasteiger partial charge in [-0.3, -0.25) is 4.79 Å². The molecule has 1 rings (SSSR count). The number of aliphatic hydroxyl groups excluding tert-OH is 1. The first-order valence-corrected chi connectivity index (χ1v) is 6.19. The minimum absolute atomic E-state index is 0.00619. The fraction of sp³-hybridized carbons (Fsp3) is 0.533. The maximum atomic E-state index is 11.8. The van der Waals surface area contributed by atoms with E-state index < -0.39 is 17.6 Å². The van der Waals surface area contributed by atoms with Gasteiger partial charge in [-0.1, -0.05) is 23.8 Å². The molecular weight excluding hydrogens is 228 g/mol. The van der Waals surface area contributed by atoms with Crippen LogP contribution < -0.4 is 0 Å². The monoisotopic (exact) mass is 250 g/mol. The molecule has 0 fully saturated rings. The largest absolute Gasteiger partial charge is 0.388 e. The molecule has 0 spiro atoms. The van der Waals surface area contributed by atoms with Crippen molar-refractivity contribution in [3.8, 4) is 0 Å². The van der Waals surface area contributed by atoms with Crippen LogP contribution in [0.5, 0.6) is 0 Å². The van der Waals surface area contributed by atoms with Crippen LogP contribution in [0.4, 0.5) is 0 Å². The van der Waals surface area contributed by atoms with Gasteiger partial charge in [0.25, 0.3) is 0 Å². The molecular formula is C15H22O3. The molecule has 2 atom stereocenters. The zero-order valence-corrected chi connectivity index (χ0v) is 11.5. The molecule has 0 saturated carbocycles. The molecule has 0 aromatic heterocycles. The molecule has 3 nitrogen and oxygen atoms in total. The predicted octanol–water partition coefficient (Wildman–Crippen LogP) is 2.16. The summed E-state index contributed by atoms with van der Waals surface area (Å²) in [7, 11) is 0. The minimum Gasteiger partial charge on any atom is -0.388 e. The van der Waals surface area contributed by atoms with Crippen molar-refractivity contribution in [2.45, 2.75) is 45.8 Å². The van der Waals surface area contributed by atoms with Crippen molar-refractivity contribution in [2.24, 2.45) is 5.92 Å². The van der Waals surface area contributed by atoms with Gasteiger partial charge in [0.2, 0.25) is 0 Å². The molecule has 0 amide bonds. The number of ketones is 1. The van der Waals surface area contributed by atoms with E-state index in [2.05, 4.69) is 0 Å². The van der Waals surface area contributed by atoms with Crippen molar-refractivity contribution < 1.29 is 15.0 Å². The Balaban J connectivity index is 2.63. The van der Waals surface area contributed by atoms with Crippen LogP contribution in [0, 0.1) is 5.92 Å². The molecule has 0 unspecified atom stereocenters. The number of hydrogen-bond acceptors (Lipinski definition) is 3. The fourth-order valence-corrected chi connectivity index (χ4v) is 1.94. The molecule has 100 valence electrons. The van der Waals surface area contributed by atoms with E-state index in [1.807, 2.05) is 19.1 Å². The molecule has 0 radical (unpaired) electrons. The van der Waals surface area contributed by atoms with Crippen LogP contribution in [0.1, 0.15) is 34.1 Å². The first kappa shape index (κ1) is 14.9. The molecule has 0 saturated heterocycles. The average Bonchev–Trinajstić information content (AvgIpc) is 2.43. The Morgan fingerprint density at radius 3 is 2.56 bits per heavy atom. The Kier molecular flexibility index (Phi) is 4.65. The van der Waals surface area contributed by atoms with Crippen molar-refractivity contribution in [3.63, 3.8) is 0 Å². The van der Waals surface area contributed by atoms with E-state index in [1.54, 1.807) is 32.9 Å². The van der Waals surface area contributed by atoms with Crippen LogP contribution in [-0.4, -0.2) is 27.7 Å². The number of aliphatic hydroxyl groups is 2. The van der Waals surface area contributed by atoms with Crippen molar-refractivity contribution >= 4 is 5.78 Å². The number of rotatable bonds is 4. The molecule has 0 bridgehead atoms. The minimum atomic E-state index is -0.818. The molecule has 18 heavy (non-hydrogen) atoms. The van der Waals surface area contributed by atoms with E-state index in [9.17, 15) is 15.0 Å². The van der Waals surface area contributed by atoms with E-state index in [0.29, 0.717) is 12.0 Å². The van der Waals surface area contributed by atoms with Gasteiger partial charge in [-0.05, 0) is 45.8 Å². The first-order chi connectivity index (χ1) is 8.20. The Morgan fingerprint density at radius 2 is 2.11 bits per heavy atom. The number of allylic oxidation sites excluding steroid dienone is 3. The highest BCUT2D eigenvalue weighted by Gasteiger charge is 2.30. The molecule has 2 N–H and O–H groups in total. The van der Waals surface area contributed by atoms with Crippen LogP contribution in [0.15, 0.2) is 35.5 Å². The number of Topliss-reactive ketones (excluding diaryl/α,β-unsaturated/α-hetero) is 1. The standard InChI is InChI=1S/C15H22O3/c1-10(6-5-7-15(3,4)18)8-12-13(16)9-11(2)14(12)17/h5,7-9,12-13,16,18H,6H2,1-4H3/b7-5+,10-8-/t12-,13+/m1/s1. The van der Waals surface area contributed by atoms with E-state index in [0.717, 1.165) is 5.57 Å². The van der Waals surface area contributed by atoms with Crippen LogP contribution >= 0.6 is 0 Å². The molecule has 0 heterocycles. The average molecular weight is 250 g/mol. The van der Waals surface area contributed by atoms with Gasteiger partial charge in [-0.2, -0.15) is 0 Å². The molecule has 1 aliphatic rings. The van der Waals surface area contributed by atoms with E-state index >= 15 is 0 Å². The number of hydrogen-bond donors (Lipinski definition) is 2. The van der Waals surface area contributed by atoms with Crippen LogP contribution in [0.25, 0.3) is 0 Å². The lowest BCUT2D eigenvalue weighted by molar-refractivity contribution is -0.118. The van der Waals surface area contributed by atoms with Crippen molar-refractivity contribution in [1.29, 1.82) is 0 Å². The van der Waals surface area contributed by atoms with Crippen molar-refractivity contribution in [1.82, 2.24) is 0 Å². The van der Waals surface area contributed by atoms with Gasteiger partial charge < -0.3 is 10.2 Å². The highest BCUT2D eigenvalue weighted by Crippen LogP contribution is 2.24. The summed E-state index contributed by atoms with van der Waals surface area (Å²) in [5.74, 6) is -0.450. The predicted molar refractivity (Wildman–Crippen MR) is 72.1 cm³/mol. The summed E-state index contributed by atoms with van der Waals surface area (Å²) in [6.45, 7) is 7.06. The lowest BCUT2D eigenvalue weighted by Crippen LogP contribution is -2.18. The van der Waals surface area contributed by atoms with Crippen LogP contribution in [0.2, 0.25) is 0 Å². The smallest absolute Gasteiger partial charge is 0.168 e. The quantitative estimate of drug-likeness (QED) is 0.752. The van der Waals surface area contributed by atoms with Gasteiger partial charge in [0, 0.05) is 0 Å². The molecule has 3 heteroatoms. The summed E-state index contributed by atoms with van der Waals surface area (Å²) in [6, 6.07) is 0. The molecule has 1 aliphatic carbocycles. The second-order valence-electron chi connectivity index (χ2n) is 5.50. The molecule has 0 aromatic carbocycles. The van der Waals surface area contributed by atoms with Gasteiger partial charge >= 0.3 is 0 Å². The zero-order valence-electron chi connectivity index (χ0n) is 11.5. The SMILES string of the molecule is CC1=C[C@H](O)[C@@H](/C=C(/C)C/C=C/C(C)(C)O)C1=O. The summed E-state index contributed by atoms with van der Waals surface area (Å²) in [6.07, 6.45) is 6.97. The van der Waals surface area contributed by atoms with E-state index in [4.69, 9.17) is 0 Å². The zero-order chi connectivity index (χ0) is 13.9. The maximum Gasteiger partial charge on any atom is 0.168 e. The van der Waals surface area contributed by atoms with Crippen LogP contribution in [-0.2, 0) is 4.79 Å². The number of carbonyl (C=O) groups excluding carboxylic acids is 1. The number of carbonyl (C=O) groups is 1. The third-order valence-electron chi connectivity index (χ3n) is 2.91. The Hall–Kier alpha value is -1.19. The third kappa shape index (κ3) is 4.24. The topological polar surface area (TPSA) is 57.5 Å². The van der Waals surface area contributed by atoms with Gasteiger partial charge in [-0.15, -0.1) is 0 Å². The van der Waals surface area contributed by atoms with E-state index in [1.165, 1.54) is 0 Å². The van der Waals surface area contributed by atoms with Gasteiger partial charge in [-0.25, -0.2) is 0 Å². The van der Waals surface area contributed by atoms with Crippen molar-refractivity contribution in [2.75, 3.05) is 0 Å². The van der Waals surface area contributed by atoms with Crippen molar-refractivity contribution in [3.05, 3.63) is 35.5 Å². The van der Waals surface area contributed by atoms with E-state index in [-0.39, 0.29) is 5.78 Å². The normalized spacial score (nSPS) is 26.0. The summed E-state index contributed by atoms with van der Waals surface area (Å²) in [4.78, 5) is 11.8. The highest BCUT2D eigenvalue weighted by molar-refractivity contribution is 6.01. The maximum absolute atomic E-state index is 11.8. The van der Waals surface area contributed by atoms with Gasteiger partial charge in [0.15, 0.2) is 5.78 Å².